The third kappa shape index (κ3) is 3.46. The summed E-state index contributed by atoms with van der Waals surface area (Å²) in [6, 6.07) is 4.11. The third-order valence-corrected chi connectivity index (χ3v) is 4.20. The molecule has 1 aliphatic carbocycles. The standard InChI is InChI=1S/C13H18ClNOS/c1-9(2)7-8-15(10-3-4-10)13(16)11-5-6-12(14)17-11/h5-6,9-10H,3-4,7-8H2,1-2H3. The van der Waals surface area contributed by atoms with E-state index in [9.17, 15) is 4.79 Å². The third-order valence-electron chi connectivity index (χ3n) is 2.98. The molecule has 1 amide bonds. The lowest BCUT2D eigenvalue weighted by atomic mass is 10.1. The summed E-state index contributed by atoms with van der Waals surface area (Å²) in [6.07, 6.45) is 3.38. The van der Waals surface area contributed by atoms with Crippen LogP contribution in [0.4, 0.5) is 0 Å². The van der Waals surface area contributed by atoms with Crippen molar-refractivity contribution in [1.29, 1.82) is 0 Å². The Balaban J connectivity index is 2.02. The highest BCUT2D eigenvalue weighted by Crippen LogP contribution is 2.31. The number of amides is 1. The molecule has 0 unspecified atom stereocenters. The van der Waals surface area contributed by atoms with Crippen LogP contribution in [0.2, 0.25) is 4.34 Å². The van der Waals surface area contributed by atoms with Gasteiger partial charge in [-0.25, -0.2) is 0 Å². The highest BCUT2D eigenvalue weighted by molar-refractivity contribution is 7.17. The van der Waals surface area contributed by atoms with Crippen LogP contribution in [-0.4, -0.2) is 23.4 Å². The van der Waals surface area contributed by atoms with Crippen molar-refractivity contribution in [3.8, 4) is 0 Å². The quantitative estimate of drug-likeness (QED) is 0.791. The molecule has 0 radical (unpaired) electrons. The summed E-state index contributed by atoms with van der Waals surface area (Å²) in [7, 11) is 0. The second-order valence-electron chi connectivity index (χ2n) is 5.02. The number of rotatable bonds is 5. The highest BCUT2D eigenvalue weighted by Gasteiger charge is 2.33. The molecule has 2 rings (SSSR count). The zero-order valence-electron chi connectivity index (χ0n) is 10.3. The van der Waals surface area contributed by atoms with Crippen molar-refractivity contribution in [3.63, 3.8) is 0 Å². The minimum atomic E-state index is 0.157. The number of thiophene rings is 1. The molecule has 94 valence electrons. The van der Waals surface area contributed by atoms with Crippen LogP contribution in [0.3, 0.4) is 0 Å². The van der Waals surface area contributed by atoms with Crippen molar-refractivity contribution >= 4 is 28.8 Å². The van der Waals surface area contributed by atoms with Gasteiger partial charge in [0.2, 0.25) is 0 Å². The molecule has 1 fully saturated rings. The summed E-state index contributed by atoms with van der Waals surface area (Å²) in [6.45, 7) is 5.26. The maximum atomic E-state index is 12.3. The number of nitrogens with zero attached hydrogens (tertiary/aromatic N) is 1. The van der Waals surface area contributed by atoms with Gasteiger partial charge in [0.05, 0.1) is 9.21 Å². The minimum Gasteiger partial charge on any atom is -0.335 e. The molecule has 1 aliphatic rings. The Hall–Kier alpha value is -0.540. The molecule has 0 bridgehead atoms. The lowest BCUT2D eigenvalue weighted by Crippen LogP contribution is -2.34. The summed E-state index contributed by atoms with van der Waals surface area (Å²) < 4.78 is 0.688. The molecular formula is C13H18ClNOS. The van der Waals surface area contributed by atoms with Gasteiger partial charge in [-0.2, -0.15) is 0 Å². The van der Waals surface area contributed by atoms with Crippen molar-refractivity contribution in [2.24, 2.45) is 5.92 Å². The van der Waals surface area contributed by atoms with E-state index in [0.717, 1.165) is 30.7 Å². The van der Waals surface area contributed by atoms with E-state index >= 15 is 0 Å². The first kappa shape index (κ1) is 12.9. The van der Waals surface area contributed by atoms with Crippen LogP contribution in [0.5, 0.6) is 0 Å². The van der Waals surface area contributed by atoms with Crippen LogP contribution in [0.25, 0.3) is 0 Å². The zero-order valence-corrected chi connectivity index (χ0v) is 11.9. The Morgan fingerprint density at radius 2 is 2.24 bits per heavy atom. The predicted octanol–water partition coefficient (Wildman–Crippen LogP) is 4.05. The molecule has 0 aromatic carbocycles. The van der Waals surface area contributed by atoms with E-state index in [1.807, 2.05) is 11.0 Å². The van der Waals surface area contributed by atoms with E-state index in [1.165, 1.54) is 11.3 Å². The van der Waals surface area contributed by atoms with Crippen molar-refractivity contribution in [3.05, 3.63) is 21.3 Å². The van der Waals surface area contributed by atoms with Gasteiger partial charge in [0.1, 0.15) is 0 Å². The number of carbonyl (C=O) groups is 1. The molecule has 0 N–H and O–H groups in total. The van der Waals surface area contributed by atoms with E-state index < -0.39 is 0 Å². The Morgan fingerprint density at radius 1 is 1.53 bits per heavy atom. The van der Waals surface area contributed by atoms with Crippen LogP contribution in [0, 0.1) is 5.92 Å². The maximum absolute atomic E-state index is 12.3. The highest BCUT2D eigenvalue weighted by atomic mass is 35.5. The van der Waals surface area contributed by atoms with Gasteiger partial charge in [0, 0.05) is 12.6 Å². The average molecular weight is 272 g/mol. The van der Waals surface area contributed by atoms with E-state index in [2.05, 4.69) is 13.8 Å². The number of carbonyl (C=O) groups excluding carboxylic acids is 1. The molecule has 1 heterocycles. The van der Waals surface area contributed by atoms with Crippen LogP contribution in [-0.2, 0) is 0 Å². The molecule has 1 aromatic heterocycles. The topological polar surface area (TPSA) is 20.3 Å². The molecular weight excluding hydrogens is 254 g/mol. The van der Waals surface area contributed by atoms with E-state index in [4.69, 9.17) is 11.6 Å². The van der Waals surface area contributed by atoms with Crippen LogP contribution in [0.1, 0.15) is 42.8 Å². The summed E-state index contributed by atoms with van der Waals surface area (Å²) >= 11 is 7.26. The normalized spacial score (nSPS) is 15.3. The van der Waals surface area contributed by atoms with Crippen molar-refractivity contribution in [2.75, 3.05) is 6.54 Å². The lowest BCUT2D eigenvalue weighted by Gasteiger charge is -2.22. The van der Waals surface area contributed by atoms with E-state index in [0.29, 0.717) is 16.3 Å². The van der Waals surface area contributed by atoms with E-state index in [-0.39, 0.29) is 5.91 Å². The van der Waals surface area contributed by atoms with Crippen LogP contribution in [0.15, 0.2) is 12.1 Å². The zero-order chi connectivity index (χ0) is 12.4. The fraction of sp³-hybridized carbons (Fsp3) is 0.615. The van der Waals surface area contributed by atoms with Crippen molar-refractivity contribution < 1.29 is 4.79 Å². The summed E-state index contributed by atoms with van der Waals surface area (Å²) in [4.78, 5) is 15.1. The summed E-state index contributed by atoms with van der Waals surface area (Å²) in [5, 5.41) is 0. The van der Waals surface area contributed by atoms with Gasteiger partial charge in [0.15, 0.2) is 0 Å². The molecule has 4 heteroatoms. The smallest absolute Gasteiger partial charge is 0.264 e. The Bertz CT molecular complexity index is 398. The predicted molar refractivity (Wildman–Crippen MR) is 72.8 cm³/mol. The van der Waals surface area contributed by atoms with Gasteiger partial charge >= 0.3 is 0 Å². The number of hydrogen-bond acceptors (Lipinski definition) is 2. The summed E-state index contributed by atoms with van der Waals surface area (Å²) in [5.74, 6) is 0.793. The first-order valence-electron chi connectivity index (χ1n) is 6.14. The fourth-order valence-corrected chi connectivity index (χ4v) is 2.80. The average Bonchev–Trinajstić information content (AvgIpc) is 3.00. The van der Waals surface area contributed by atoms with Crippen molar-refractivity contribution in [2.45, 2.75) is 39.2 Å². The molecule has 0 atom stereocenters. The SMILES string of the molecule is CC(C)CCN(C(=O)c1ccc(Cl)s1)C1CC1. The molecule has 2 nitrogen and oxygen atoms in total. The molecule has 0 spiro atoms. The second kappa shape index (κ2) is 5.40. The van der Waals surface area contributed by atoms with Crippen molar-refractivity contribution in [1.82, 2.24) is 4.90 Å². The Labute approximate surface area is 112 Å². The van der Waals surface area contributed by atoms with E-state index in [1.54, 1.807) is 6.07 Å². The molecule has 0 aliphatic heterocycles. The van der Waals surface area contributed by atoms with Crippen LogP contribution < -0.4 is 0 Å². The maximum Gasteiger partial charge on any atom is 0.264 e. The van der Waals surface area contributed by atoms with Gasteiger partial charge in [0.25, 0.3) is 5.91 Å². The van der Waals surface area contributed by atoms with Gasteiger partial charge in [-0.15, -0.1) is 11.3 Å². The van der Waals surface area contributed by atoms with Crippen LogP contribution >= 0.6 is 22.9 Å². The molecule has 1 aromatic rings. The number of hydrogen-bond donors (Lipinski definition) is 0. The Kier molecular flexibility index (Phi) is 4.10. The lowest BCUT2D eigenvalue weighted by molar-refractivity contribution is 0.0740. The molecule has 0 saturated heterocycles. The monoisotopic (exact) mass is 271 g/mol. The van der Waals surface area contributed by atoms with Gasteiger partial charge in [-0.1, -0.05) is 25.4 Å². The molecule has 1 saturated carbocycles. The minimum absolute atomic E-state index is 0.157. The summed E-state index contributed by atoms with van der Waals surface area (Å²) in [5.41, 5.74) is 0. The molecule has 17 heavy (non-hydrogen) atoms. The largest absolute Gasteiger partial charge is 0.335 e. The van der Waals surface area contributed by atoms with Gasteiger partial charge < -0.3 is 4.90 Å². The second-order valence-corrected chi connectivity index (χ2v) is 6.73. The number of halogens is 1. The Morgan fingerprint density at radius 3 is 2.71 bits per heavy atom. The van der Waals surface area contributed by atoms with Gasteiger partial charge in [-0.05, 0) is 37.3 Å². The van der Waals surface area contributed by atoms with Gasteiger partial charge in [-0.3, -0.25) is 4.79 Å². The first-order chi connectivity index (χ1) is 8.08. The fourth-order valence-electron chi connectivity index (χ4n) is 1.80. The first-order valence-corrected chi connectivity index (χ1v) is 7.33.